The number of nitrogens with zero attached hydrogens (tertiary/aromatic N) is 3. The average molecular weight is 350 g/mol. The number of pyridine rings is 1. The first-order chi connectivity index (χ1) is 12.6. The van der Waals surface area contributed by atoms with E-state index in [9.17, 15) is 9.59 Å². The molecule has 1 unspecified atom stereocenters. The van der Waals surface area contributed by atoms with Gasteiger partial charge in [-0.05, 0) is 44.5 Å². The van der Waals surface area contributed by atoms with Gasteiger partial charge in [0.2, 0.25) is 0 Å². The van der Waals surface area contributed by atoms with Crippen molar-refractivity contribution in [3.05, 3.63) is 60.2 Å². The van der Waals surface area contributed by atoms with Crippen LogP contribution in [0.3, 0.4) is 0 Å². The van der Waals surface area contributed by atoms with Crippen molar-refractivity contribution in [2.45, 2.75) is 32.7 Å². The minimum atomic E-state index is -0.260. The van der Waals surface area contributed by atoms with E-state index in [1.165, 1.54) is 0 Å². The first-order valence-corrected chi connectivity index (χ1v) is 8.72. The minimum Gasteiger partial charge on any atom is -0.352 e. The molecule has 0 fully saturated rings. The molecule has 2 aromatic heterocycles. The maximum atomic E-state index is 12.1. The first kappa shape index (κ1) is 17.8. The van der Waals surface area contributed by atoms with Crippen LogP contribution in [0.5, 0.6) is 0 Å². The minimum absolute atomic E-state index is 0.0976. The number of aromatic nitrogens is 3. The summed E-state index contributed by atoms with van der Waals surface area (Å²) in [6.07, 6.45) is 4.62. The van der Waals surface area contributed by atoms with Crippen molar-refractivity contribution >= 4 is 22.7 Å². The Morgan fingerprint density at radius 2 is 1.88 bits per heavy atom. The highest BCUT2D eigenvalue weighted by atomic mass is 16.1. The highest BCUT2D eigenvalue weighted by molar-refractivity contribution is 5.93. The number of ketones is 1. The molecule has 26 heavy (non-hydrogen) atoms. The zero-order valence-corrected chi connectivity index (χ0v) is 15.0. The third-order valence-electron chi connectivity index (χ3n) is 4.45. The van der Waals surface area contributed by atoms with Crippen LogP contribution in [0.25, 0.3) is 11.0 Å². The van der Waals surface area contributed by atoms with Gasteiger partial charge in [-0.15, -0.1) is 0 Å². The van der Waals surface area contributed by atoms with Crippen LogP contribution in [0.4, 0.5) is 0 Å². The van der Waals surface area contributed by atoms with E-state index >= 15 is 0 Å². The summed E-state index contributed by atoms with van der Waals surface area (Å²) in [7, 11) is 0. The number of imidazole rings is 1. The number of carbonyl (C=O) groups excluding carboxylic acids is 2. The maximum Gasteiger partial charge on any atom is 0.251 e. The number of aryl methyl sites for hydroxylation is 1. The van der Waals surface area contributed by atoms with Crippen molar-refractivity contribution in [2.24, 2.45) is 0 Å². The summed E-state index contributed by atoms with van der Waals surface area (Å²) in [4.78, 5) is 32.5. The van der Waals surface area contributed by atoms with Crippen molar-refractivity contribution in [1.82, 2.24) is 19.9 Å². The Kier molecular flexibility index (Phi) is 5.41. The van der Waals surface area contributed by atoms with Crippen LogP contribution in [0, 0.1) is 0 Å². The first-order valence-electron chi connectivity index (χ1n) is 8.72. The molecule has 0 saturated heterocycles. The summed E-state index contributed by atoms with van der Waals surface area (Å²) in [5, 5.41) is 2.90. The number of hydrogen-bond acceptors (Lipinski definition) is 4. The third-order valence-corrected chi connectivity index (χ3v) is 4.45. The number of carbonyl (C=O) groups is 2. The fourth-order valence-corrected chi connectivity index (χ4v) is 2.94. The number of Topliss-reactive ketones (excluding diaryl/α,β-unsaturated/α-hetero) is 1. The fraction of sp³-hybridized carbons (Fsp3) is 0.300. The molecule has 6 heteroatoms. The molecule has 6 nitrogen and oxygen atoms in total. The van der Waals surface area contributed by atoms with Gasteiger partial charge in [-0.25, -0.2) is 4.98 Å². The Morgan fingerprint density at radius 3 is 2.62 bits per heavy atom. The van der Waals surface area contributed by atoms with Crippen LogP contribution in [-0.4, -0.2) is 32.8 Å². The molecule has 3 aromatic rings. The molecule has 0 aliphatic carbocycles. The van der Waals surface area contributed by atoms with E-state index in [-0.39, 0.29) is 17.7 Å². The number of hydrogen-bond donors (Lipinski definition) is 1. The second-order valence-electron chi connectivity index (χ2n) is 6.27. The van der Waals surface area contributed by atoms with Gasteiger partial charge in [0, 0.05) is 30.9 Å². The zero-order valence-electron chi connectivity index (χ0n) is 15.0. The van der Waals surface area contributed by atoms with Gasteiger partial charge in [0.05, 0.1) is 17.1 Å². The lowest BCUT2D eigenvalue weighted by Crippen LogP contribution is -2.25. The Hall–Kier alpha value is -3.02. The Labute approximate surface area is 152 Å². The van der Waals surface area contributed by atoms with Crippen LogP contribution in [0.1, 0.15) is 42.5 Å². The van der Waals surface area contributed by atoms with Gasteiger partial charge in [0.15, 0.2) is 5.78 Å². The number of amides is 1. The monoisotopic (exact) mass is 350 g/mol. The third kappa shape index (κ3) is 3.79. The van der Waals surface area contributed by atoms with E-state index in [1.54, 1.807) is 31.5 Å². The molecule has 1 N–H and O–H groups in total. The Bertz CT molecular complexity index is 918. The number of rotatable bonds is 7. The smallest absolute Gasteiger partial charge is 0.251 e. The van der Waals surface area contributed by atoms with E-state index in [2.05, 4.69) is 15.3 Å². The number of benzene rings is 1. The molecule has 1 amide bonds. The number of nitrogens with one attached hydrogen (secondary N) is 1. The van der Waals surface area contributed by atoms with Gasteiger partial charge in [0.25, 0.3) is 5.91 Å². The van der Waals surface area contributed by atoms with E-state index in [0.29, 0.717) is 18.5 Å². The molecule has 2 heterocycles. The van der Waals surface area contributed by atoms with E-state index in [0.717, 1.165) is 23.3 Å². The molecule has 0 aliphatic rings. The van der Waals surface area contributed by atoms with Gasteiger partial charge in [-0.3, -0.25) is 14.6 Å². The van der Waals surface area contributed by atoms with Gasteiger partial charge in [-0.2, -0.15) is 0 Å². The standard InChI is InChI=1S/C20H22N4O2/c1-14(15(2)25)24-18-7-4-3-6-17(18)23-19(24)8-5-11-22-20(26)16-9-12-21-13-10-16/h3-4,6-7,9-10,12-14H,5,8,11H2,1-2H3,(H,22,26). The maximum absolute atomic E-state index is 12.1. The molecule has 1 atom stereocenters. The second kappa shape index (κ2) is 7.91. The Morgan fingerprint density at radius 1 is 1.15 bits per heavy atom. The lowest BCUT2D eigenvalue weighted by molar-refractivity contribution is -0.119. The van der Waals surface area contributed by atoms with Crippen LogP contribution in [0.2, 0.25) is 0 Å². The van der Waals surface area contributed by atoms with E-state index in [4.69, 9.17) is 0 Å². The van der Waals surface area contributed by atoms with E-state index < -0.39 is 0 Å². The average Bonchev–Trinajstić information content (AvgIpc) is 3.03. The van der Waals surface area contributed by atoms with Gasteiger partial charge in [-0.1, -0.05) is 12.1 Å². The van der Waals surface area contributed by atoms with Crippen LogP contribution in [-0.2, 0) is 11.2 Å². The van der Waals surface area contributed by atoms with Crippen molar-refractivity contribution in [1.29, 1.82) is 0 Å². The van der Waals surface area contributed by atoms with Crippen LogP contribution >= 0.6 is 0 Å². The van der Waals surface area contributed by atoms with Gasteiger partial charge in [0.1, 0.15) is 5.82 Å². The topological polar surface area (TPSA) is 76.9 Å². The van der Waals surface area contributed by atoms with E-state index in [1.807, 2.05) is 35.8 Å². The van der Waals surface area contributed by atoms with Crippen LogP contribution < -0.4 is 5.32 Å². The lowest BCUT2D eigenvalue weighted by atomic mass is 10.2. The number of fused-ring (bicyclic) bond motifs is 1. The second-order valence-corrected chi connectivity index (χ2v) is 6.27. The lowest BCUT2D eigenvalue weighted by Gasteiger charge is -2.15. The summed E-state index contributed by atoms with van der Waals surface area (Å²) in [6, 6.07) is 10.9. The molecule has 0 aliphatic heterocycles. The quantitative estimate of drug-likeness (QED) is 0.665. The molecule has 0 bridgehead atoms. The summed E-state index contributed by atoms with van der Waals surface area (Å²) < 4.78 is 2.00. The van der Waals surface area contributed by atoms with Gasteiger partial charge < -0.3 is 9.88 Å². The molecular weight excluding hydrogens is 328 g/mol. The molecule has 0 saturated carbocycles. The summed E-state index contributed by atoms with van der Waals surface area (Å²) in [5.41, 5.74) is 2.44. The fourth-order valence-electron chi connectivity index (χ4n) is 2.94. The van der Waals surface area contributed by atoms with Gasteiger partial charge >= 0.3 is 0 Å². The Balaban J connectivity index is 1.68. The normalized spacial score (nSPS) is 12.1. The van der Waals surface area contributed by atoms with Crippen molar-refractivity contribution < 1.29 is 9.59 Å². The largest absolute Gasteiger partial charge is 0.352 e. The molecule has 1 aromatic carbocycles. The summed E-state index contributed by atoms with van der Waals surface area (Å²) in [5.74, 6) is 0.852. The van der Waals surface area contributed by atoms with Crippen LogP contribution in [0.15, 0.2) is 48.8 Å². The number of para-hydroxylation sites is 2. The summed E-state index contributed by atoms with van der Waals surface area (Å²) >= 11 is 0. The molecule has 0 radical (unpaired) electrons. The predicted molar refractivity (Wildman–Crippen MR) is 100 cm³/mol. The molecule has 0 spiro atoms. The highest BCUT2D eigenvalue weighted by Crippen LogP contribution is 2.22. The molecule has 134 valence electrons. The van der Waals surface area contributed by atoms with Crippen molar-refractivity contribution in [3.63, 3.8) is 0 Å². The predicted octanol–water partition coefficient (Wildman–Crippen LogP) is 2.94. The van der Waals surface area contributed by atoms with Crippen molar-refractivity contribution in [3.8, 4) is 0 Å². The zero-order chi connectivity index (χ0) is 18.5. The highest BCUT2D eigenvalue weighted by Gasteiger charge is 2.18. The molecular formula is C20H22N4O2. The SMILES string of the molecule is CC(=O)C(C)n1c(CCCNC(=O)c2ccncc2)nc2ccccc21. The summed E-state index contributed by atoms with van der Waals surface area (Å²) in [6.45, 7) is 4.03. The van der Waals surface area contributed by atoms with Crippen molar-refractivity contribution in [2.75, 3.05) is 6.54 Å². The molecule has 3 rings (SSSR count).